The number of thioether (sulfide) groups is 1. The van der Waals surface area contributed by atoms with Crippen LogP contribution in [0.2, 0.25) is 0 Å². The second kappa shape index (κ2) is 9.32. The van der Waals surface area contributed by atoms with E-state index in [1.807, 2.05) is 47.9 Å². The Kier molecular flexibility index (Phi) is 6.59. The second-order valence-corrected chi connectivity index (χ2v) is 7.06. The zero-order chi connectivity index (χ0) is 19.1. The van der Waals surface area contributed by atoms with E-state index in [9.17, 15) is 9.18 Å². The predicted octanol–water partition coefficient (Wildman–Crippen LogP) is 3.22. The van der Waals surface area contributed by atoms with Gasteiger partial charge in [-0.25, -0.2) is 4.39 Å². The van der Waals surface area contributed by atoms with Crippen LogP contribution in [0.5, 0.6) is 0 Å². The highest BCUT2D eigenvalue weighted by molar-refractivity contribution is 7.99. The molecular formula is C20H21FN4OS. The maximum absolute atomic E-state index is 13.2. The minimum atomic E-state index is -0.262. The summed E-state index contributed by atoms with van der Waals surface area (Å²) in [5, 5.41) is 11.9. The maximum Gasteiger partial charge on any atom is 0.230 e. The second-order valence-electron chi connectivity index (χ2n) is 6.12. The van der Waals surface area contributed by atoms with Crippen LogP contribution >= 0.6 is 11.8 Å². The molecular weight excluding hydrogens is 363 g/mol. The van der Waals surface area contributed by atoms with Crippen LogP contribution < -0.4 is 5.32 Å². The van der Waals surface area contributed by atoms with Gasteiger partial charge in [-0.1, -0.05) is 54.2 Å². The standard InChI is InChI=1S/C20H21FN4OS/c1-15-23-24-20(25(15)13-17-6-3-2-4-7-17)27-14-19(26)22-11-10-16-8-5-9-18(21)12-16/h2-9,12H,10-11,13-14H2,1H3,(H,22,26). The molecule has 0 aliphatic heterocycles. The van der Waals surface area contributed by atoms with Crippen LogP contribution in [0.1, 0.15) is 17.0 Å². The summed E-state index contributed by atoms with van der Waals surface area (Å²) in [7, 11) is 0. The van der Waals surface area contributed by atoms with Gasteiger partial charge in [0.2, 0.25) is 5.91 Å². The molecule has 0 bridgehead atoms. The predicted molar refractivity (Wildman–Crippen MR) is 104 cm³/mol. The summed E-state index contributed by atoms with van der Waals surface area (Å²) in [5.74, 6) is 0.731. The number of nitrogens with one attached hydrogen (secondary N) is 1. The minimum Gasteiger partial charge on any atom is -0.355 e. The number of hydrogen-bond acceptors (Lipinski definition) is 4. The number of carbonyl (C=O) groups excluding carboxylic acids is 1. The average molecular weight is 384 g/mol. The Labute approximate surface area is 162 Å². The van der Waals surface area contributed by atoms with Crippen LogP contribution in [0.3, 0.4) is 0 Å². The number of nitrogens with zero attached hydrogens (tertiary/aromatic N) is 3. The summed E-state index contributed by atoms with van der Waals surface area (Å²) in [6.45, 7) is 3.04. The zero-order valence-electron chi connectivity index (χ0n) is 15.1. The smallest absolute Gasteiger partial charge is 0.230 e. The molecule has 0 radical (unpaired) electrons. The molecule has 1 amide bonds. The normalized spacial score (nSPS) is 10.7. The highest BCUT2D eigenvalue weighted by Gasteiger charge is 2.12. The molecule has 0 atom stereocenters. The Morgan fingerprint density at radius 1 is 1.11 bits per heavy atom. The Balaban J connectivity index is 1.49. The molecule has 0 unspecified atom stereocenters. The van der Waals surface area contributed by atoms with E-state index in [0.717, 1.165) is 22.1 Å². The molecule has 5 nitrogen and oxygen atoms in total. The van der Waals surface area contributed by atoms with Gasteiger partial charge in [0.25, 0.3) is 0 Å². The van der Waals surface area contributed by atoms with Crippen molar-refractivity contribution in [2.24, 2.45) is 0 Å². The lowest BCUT2D eigenvalue weighted by Crippen LogP contribution is -2.27. The quantitative estimate of drug-likeness (QED) is 0.606. The van der Waals surface area contributed by atoms with Crippen molar-refractivity contribution in [3.05, 3.63) is 77.4 Å². The first kappa shape index (κ1) is 19.1. The number of aryl methyl sites for hydroxylation is 1. The van der Waals surface area contributed by atoms with Gasteiger partial charge in [-0.3, -0.25) is 4.79 Å². The van der Waals surface area contributed by atoms with Gasteiger partial charge in [0.15, 0.2) is 5.16 Å². The molecule has 27 heavy (non-hydrogen) atoms. The molecule has 3 aromatic rings. The third-order valence-electron chi connectivity index (χ3n) is 4.04. The van der Waals surface area contributed by atoms with Crippen molar-refractivity contribution >= 4 is 17.7 Å². The van der Waals surface area contributed by atoms with Crippen LogP contribution in [0.25, 0.3) is 0 Å². The third kappa shape index (κ3) is 5.65. The first-order valence-electron chi connectivity index (χ1n) is 8.69. The topological polar surface area (TPSA) is 59.8 Å². The number of halogens is 1. The largest absolute Gasteiger partial charge is 0.355 e. The highest BCUT2D eigenvalue weighted by atomic mass is 32.2. The van der Waals surface area contributed by atoms with Crippen molar-refractivity contribution in [2.45, 2.75) is 25.0 Å². The van der Waals surface area contributed by atoms with Crippen molar-refractivity contribution in [2.75, 3.05) is 12.3 Å². The molecule has 0 spiro atoms. The molecule has 0 saturated heterocycles. The van der Waals surface area contributed by atoms with Crippen molar-refractivity contribution in [1.82, 2.24) is 20.1 Å². The molecule has 0 fully saturated rings. The fourth-order valence-corrected chi connectivity index (χ4v) is 3.45. The molecule has 0 aliphatic carbocycles. The summed E-state index contributed by atoms with van der Waals surface area (Å²) in [4.78, 5) is 12.1. The van der Waals surface area contributed by atoms with Crippen LogP contribution in [0.15, 0.2) is 59.8 Å². The molecule has 7 heteroatoms. The van der Waals surface area contributed by atoms with E-state index in [-0.39, 0.29) is 17.5 Å². The van der Waals surface area contributed by atoms with E-state index in [1.54, 1.807) is 6.07 Å². The summed E-state index contributed by atoms with van der Waals surface area (Å²) >= 11 is 1.36. The Morgan fingerprint density at radius 2 is 1.89 bits per heavy atom. The van der Waals surface area contributed by atoms with E-state index < -0.39 is 0 Å². The lowest BCUT2D eigenvalue weighted by atomic mass is 10.1. The molecule has 1 heterocycles. The van der Waals surface area contributed by atoms with Gasteiger partial charge in [0.05, 0.1) is 12.3 Å². The van der Waals surface area contributed by atoms with E-state index in [4.69, 9.17) is 0 Å². The van der Waals surface area contributed by atoms with Gasteiger partial charge < -0.3 is 9.88 Å². The monoisotopic (exact) mass is 384 g/mol. The molecule has 1 N–H and O–H groups in total. The lowest BCUT2D eigenvalue weighted by Gasteiger charge is -2.09. The number of aromatic nitrogens is 3. The maximum atomic E-state index is 13.2. The third-order valence-corrected chi connectivity index (χ3v) is 5.01. The van der Waals surface area contributed by atoms with Crippen LogP contribution in [-0.2, 0) is 17.8 Å². The molecule has 140 valence electrons. The molecule has 3 rings (SSSR count). The number of amides is 1. The first-order valence-corrected chi connectivity index (χ1v) is 9.68. The molecule has 0 aliphatic rings. The molecule has 2 aromatic carbocycles. The Bertz CT molecular complexity index is 898. The van der Waals surface area contributed by atoms with Crippen LogP contribution in [-0.4, -0.2) is 33.0 Å². The van der Waals surface area contributed by atoms with Gasteiger partial charge >= 0.3 is 0 Å². The van der Waals surface area contributed by atoms with Gasteiger partial charge in [0, 0.05) is 6.54 Å². The van der Waals surface area contributed by atoms with Gasteiger partial charge in [-0.2, -0.15) is 0 Å². The highest BCUT2D eigenvalue weighted by Crippen LogP contribution is 2.18. The fourth-order valence-electron chi connectivity index (χ4n) is 2.64. The van der Waals surface area contributed by atoms with Crippen LogP contribution in [0.4, 0.5) is 4.39 Å². The number of hydrogen-bond donors (Lipinski definition) is 1. The average Bonchev–Trinajstić information content (AvgIpc) is 3.01. The van der Waals surface area contributed by atoms with Crippen molar-refractivity contribution < 1.29 is 9.18 Å². The number of carbonyl (C=O) groups is 1. The Hall–Kier alpha value is -2.67. The summed E-state index contributed by atoms with van der Waals surface area (Å²) in [6, 6.07) is 16.5. The van der Waals surface area contributed by atoms with E-state index in [1.165, 1.54) is 23.9 Å². The zero-order valence-corrected chi connectivity index (χ0v) is 15.9. The van der Waals surface area contributed by atoms with Gasteiger partial charge in [-0.15, -0.1) is 10.2 Å². The Morgan fingerprint density at radius 3 is 2.67 bits per heavy atom. The van der Waals surface area contributed by atoms with E-state index in [2.05, 4.69) is 15.5 Å². The first-order chi connectivity index (χ1) is 13.1. The van der Waals surface area contributed by atoms with Crippen molar-refractivity contribution in [1.29, 1.82) is 0 Å². The minimum absolute atomic E-state index is 0.0803. The van der Waals surface area contributed by atoms with Crippen LogP contribution in [0, 0.1) is 12.7 Å². The van der Waals surface area contributed by atoms with Crippen molar-refractivity contribution in [3.8, 4) is 0 Å². The summed E-state index contributed by atoms with van der Waals surface area (Å²) in [6.07, 6.45) is 0.595. The molecule has 0 saturated carbocycles. The van der Waals surface area contributed by atoms with Gasteiger partial charge in [0.1, 0.15) is 11.6 Å². The fraction of sp³-hybridized carbons (Fsp3) is 0.250. The SMILES string of the molecule is Cc1nnc(SCC(=O)NCCc2cccc(F)c2)n1Cc1ccccc1. The number of rotatable bonds is 8. The number of benzene rings is 2. The summed E-state index contributed by atoms with van der Waals surface area (Å²) < 4.78 is 15.2. The van der Waals surface area contributed by atoms with E-state index in [0.29, 0.717) is 19.5 Å². The van der Waals surface area contributed by atoms with E-state index >= 15 is 0 Å². The van der Waals surface area contributed by atoms with Gasteiger partial charge in [-0.05, 0) is 36.6 Å². The molecule has 1 aromatic heterocycles. The van der Waals surface area contributed by atoms with Crippen molar-refractivity contribution in [3.63, 3.8) is 0 Å². The summed E-state index contributed by atoms with van der Waals surface area (Å²) in [5.41, 5.74) is 2.02. The lowest BCUT2D eigenvalue weighted by molar-refractivity contribution is -0.118.